The summed E-state index contributed by atoms with van der Waals surface area (Å²) in [7, 11) is 0. The van der Waals surface area contributed by atoms with Crippen molar-refractivity contribution in [3.05, 3.63) is 58.0 Å². The summed E-state index contributed by atoms with van der Waals surface area (Å²) in [6.45, 7) is 1.79. The maximum atomic E-state index is 11.9. The molecular formula is C15H16N2O2S. The van der Waals surface area contributed by atoms with Crippen molar-refractivity contribution in [2.75, 3.05) is 5.75 Å². The lowest BCUT2D eigenvalue weighted by molar-refractivity contribution is 0.0982. The third-order valence-electron chi connectivity index (χ3n) is 2.73. The second kappa shape index (κ2) is 7.05. The number of ketones is 1. The predicted molar refractivity (Wildman–Crippen MR) is 80.3 cm³/mol. The first kappa shape index (κ1) is 14.5. The first-order valence-electron chi connectivity index (χ1n) is 6.44. The highest BCUT2D eigenvalue weighted by molar-refractivity contribution is 7.99. The number of aryl methyl sites for hydroxylation is 1. The van der Waals surface area contributed by atoms with Gasteiger partial charge in [0.25, 0.3) is 5.56 Å². The third-order valence-corrected chi connectivity index (χ3v) is 3.69. The number of benzene rings is 1. The highest BCUT2D eigenvalue weighted by Gasteiger charge is 2.05. The summed E-state index contributed by atoms with van der Waals surface area (Å²) >= 11 is 1.47. The van der Waals surface area contributed by atoms with Gasteiger partial charge in [-0.25, -0.2) is 4.98 Å². The Morgan fingerprint density at radius 2 is 2.05 bits per heavy atom. The molecule has 0 aliphatic rings. The fourth-order valence-corrected chi connectivity index (χ4v) is 2.65. The van der Waals surface area contributed by atoms with E-state index in [2.05, 4.69) is 9.97 Å². The zero-order valence-corrected chi connectivity index (χ0v) is 12.1. The van der Waals surface area contributed by atoms with E-state index in [9.17, 15) is 9.59 Å². The van der Waals surface area contributed by atoms with Crippen LogP contribution in [0.1, 0.15) is 28.9 Å². The van der Waals surface area contributed by atoms with Gasteiger partial charge >= 0.3 is 0 Å². The van der Waals surface area contributed by atoms with Crippen molar-refractivity contribution in [3.8, 4) is 0 Å². The van der Waals surface area contributed by atoms with Gasteiger partial charge in [0.05, 0.1) is 0 Å². The molecule has 0 saturated heterocycles. The molecule has 0 spiro atoms. The molecule has 2 aromatic rings. The van der Waals surface area contributed by atoms with Crippen molar-refractivity contribution >= 4 is 17.5 Å². The summed E-state index contributed by atoms with van der Waals surface area (Å²) < 4.78 is 0. The van der Waals surface area contributed by atoms with Gasteiger partial charge in [0.2, 0.25) is 0 Å². The van der Waals surface area contributed by atoms with E-state index in [0.717, 1.165) is 17.7 Å². The van der Waals surface area contributed by atoms with E-state index in [1.54, 1.807) is 6.92 Å². The average molecular weight is 288 g/mol. The molecule has 0 aliphatic carbocycles. The summed E-state index contributed by atoms with van der Waals surface area (Å²) in [5.41, 5.74) is 1.32. The second-order valence-electron chi connectivity index (χ2n) is 4.43. The van der Waals surface area contributed by atoms with Crippen LogP contribution < -0.4 is 5.56 Å². The van der Waals surface area contributed by atoms with Crippen LogP contribution in [0.4, 0.5) is 0 Å². The van der Waals surface area contributed by atoms with Crippen molar-refractivity contribution in [3.63, 3.8) is 0 Å². The Morgan fingerprint density at radius 3 is 2.75 bits per heavy atom. The van der Waals surface area contributed by atoms with Crippen LogP contribution in [0, 0.1) is 6.92 Å². The van der Waals surface area contributed by atoms with E-state index in [0.29, 0.717) is 17.3 Å². The van der Waals surface area contributed by atoms with Crippen LogP contribution in [0.5, 0.6) is 0 Å². The highest BCUT2D eigenvalue weighted by Crippen LogP contribution is 2.14. The maximum Gasteiger partial charge on any atom is 0.251 e. The number of hydrogen-bond donors (Lipinski definition) is 1. The number of carbonyl (C=O) groups excluding carboxylic acids is 1. The lowest BCUT2D eigenvalue weighted by atomic mass is 10.1. The van der Waals surface area contributed by atoms with Gasteiger partial charge in [-0.05, 0) is 13.3 Å². The number of nitrogens with one attached hydrogen (secondary N) is 1. The van der Waals surface area contributed by atoms with Gasteiger partial charge in [0.15, 0.2) is 10.9 Å². The van der Waals surface area contributed by atoms with Gasteiger partial charge in [-0.3, -0.25) is 9.59 Å². The summed E-state index contributed by atoms with van der Waals surface area (Å²) in [4.78, 5) is 30.1. The molecule has 0 bridgehead atoms. The molecule has 2 rings (SSSR count). The molecule has 1 aromatic carbocycles. The standard InChI is InChI=1S/C15H16N2O2S/c1-11-10-14(19)17-15(16-11)20-9-5-8-13(18)12-6-3-2-4-7-12/h2-4,6-7,10H,5,8-9H2,1H3,(H,16,17,19). The van der Waals surface area contributed by atoms with Gasteiger partial charge in [-0.2, -0.15) is 0 Å². The van der Waals surface area contributed by atoms with Crippen LogP contribution in [0.25, 0.3) is 0 Å². The van der Waals surface area contributed by atoms with Gasteiger partial charge < -0.3 is 4.98 Å². The Bertz CT molecular complexity index is 638. The molecule has 0 fully saturated rings. The summed E-state index contributed by atoms with van der Waals surface area (Å²) in [5, 5.41) is 0.613. The first-order chi connectivity index (χ1) is 9.65. The largest absolute Gasteiger partial charge is 0.301 e. The Morgan fingerprint density at radius 1 is 1.30 bits per heavy atom. The zero-order chi connectivity index (χ0) is 14.4. The number of hydrogen-bond acceptors (Lipinski definition) is 4. The van der Waals surface area contributed by atoms with Crippen molar-refractivity contribution in [1.29, 1.82) is 0 Å². The minimum Gasteiger partial charge on any atom is -0.301 e. The van der Waals surface area contributed by atoms with Crippen LogP contribution in [0.15, 0.2) is 46.3 Å². The second-order valence-corrected chi connectivity index (χ2v) is 5.52. The normalized spacial score (nSPS) is 10.4. The molecule has 0 amide bonds. The molecule has 0 radical (unpaired) electrons. The number of aromatic nitrogens is 2. The lowest BCUT2D eigenvalue weighted by Gasteiger charge is -2.02. The van der Waals surface area contributed by atoms with Gasteiger partial charge in [0.1, 0.15) is 0 Å². The van der Waals surface area contributed by atoms with E-state index in [1.807, 2.05) is 30.3 Å². The molecule has 1 heterocycles. The molecule has 5 heteroatoms. The van der Waals surface area contributed by atoms with Crippen LogP contribution in [-0.4, -0.2) is 21.5 Å². The topological polar surface area (TPSA) is 62.8 Å². The van der Waals surface area contributed by atoms with Crippen molar-refractivity contribution in [2.45, 2.75) is 24.9 Å². The molecule has 1 N–H and O–H groups in total. The number of rotatable bonds is 6. The van der Waals surface area contributed by atoms with E-state index < -0.39 is 0 Å². The van der Waals surface area contributed by atoms with E-state index in [4.69, 9.17) is 0 Å². The number of carbonyl (C=O) groups is 1. The number of H-pyrrole nitrogens is 1. The molecule has 0 saturated carbocycles. The minimum atomic E-state index is -0.139. The van der Waals surface area contributed by atoms with E-state index in [1.165, 1.54) is 17.8 Å². The molecule has 20 heavy (non-hydrogen) atoms. The quantitative estimate of drug-likeness (QED) is 0.384. The maximum absolute atomic E-state index is 11.9. The monoisotopic (exact) mass is 288 g/mol. The molecule has 0 aliphatic heterocycles. The molecule has 1 aromatic heterocycles. The number of Topliss-reactive ketones (excluding diaryl/α,β-unsaturated/α-hetero) is 1. The van der Waals surface area contributed by atoms with Crippen molar-refractivity contribution < 1.29 is 4.79 Å². The van der Waals surface area contributed by atoms with E-state index >= 15 is 0 Å². The van der Waals surface area contributed by atoms with E-state index in [-0.39, 0.29) is 11.3 Å². The molecular weight excluding hydrogens is 272 g/mol. The smallest absolute Gasteiger partial charge is 0.251 e. The average Bonchev–Trinajstić information content (AvgIpc) is 2.43. The molecule has 104 valence electrons. The summed E-state index contributed by atoms with van der Waals surface area (Å²) in [5.74, 6) is 0.905. The Kier molecular flexibility index (Phi) is 5.12. The first-order valence-corrected chi connectivity index (χ1v) is 7.43. The van der Waals surface area contributed by atoms with Gasteiger partial charge in [-0.1, -0.05) is 42.1 Å². The van der Waals surface area contributed by atoms with Crippen LogP contribution in [-0.2, 0) is 0 Å². The molecule has 0 atom stereocenters. The summed E-state index contributed by atoms with van der Waals surface area (Å²) in [6.07, 6.45) is 1.27. The highest BCUT2D eigenvalue weighted by atomic mass is 32.2. The fourth-order valence-electron chi connectivity index (χ4n) is 1.79. The van der Waals surface area contributed by atoms with Gasteiger partial charge in [0, 0.05) is 29.5 Å². The number of thioether (sulfide) groups is 1. The zero-order valence-electron chi connectivity index (χ0n) is 11.3. The number of aromatic amines is 1. The SMILES string of the molecule is Cc1cc(=O)[nH]c(SCCCC(=O)c2ccccc2)n1. The molecule has 0 unspecified atom stereocenters. The molecule has 4 nitrogen and oxygen atoms in total. The summed E-state index contributed by atoms with van der Waals surface area (Å²) in [6, 6.07) is 10.7. The Hall–Kier alpha value is -1.88. The van der Waals surface area contributed by atoms with Crippen LogP contribution >= 0.6 is 11.8 Å². The number of nitrogens with zero attached hydrogens (tertiary/aromatic N) is 1. The van der Waals surface area contributed by atoms with Crippen molar-refractivity contribution in [2.24, 2.45) is 0 Å². The van der Waals surface area contributed by atoms with Crippen molar-refractivity contribution in [1.82, 2.24) is 9.97 Å². The van der Waals surface area contributed by atoms with Gasteiger partial charge in [-0.15, -0.1) is 0 Å². The van der Waals surface area contributed by atoms with Crippen LogP contribution in [0.2, 0.25) is 0 Å². The predicted octanol–water partition coefficient (Wildman–Crippen LogP) is 2.83. The van der Waals surface area contributed by atoms with Crippen LogP contribution in [0.3, 0.4) is 0 Å². The lowest BCUT2D eigenvalue weighted by Crippen LogP contribution is -2.08. The Balaban J connectivity index is 1.79. The third kappa shape index (κ3) is 4.35. The Labute approximate surface area is 121 Å². The fraction of sp³-hybridized carbons (Fsp3) is 0.267. The minimum absolute atomic E-state index is 0.139.